The van der Waals surface area contributed by atoms with Gasteiger partial charge in [-0.2, -0.15) is 0 Å². The second-order valence-electron chi connectivity index (χ2n) is 3.90. The van der Waals surface area contributed by atoms with Crippen LogP contribution in [0.3, 0.4) is 0 Å². The average molecular weight is 212 g/mol. The van der Waals surface area contributed by atoms with Crippen molar-refractivity contribution < 1.29 is 19.8 Å². The highest BCUT2D eigenvalue weighted by Crippen LogP contribution is 2.29. The Labute approximate surface area is 88.6 Å². The third-order valence-corrected chi connectivity index (χ3v) is 2.79. The molecule has 0 saturated heterocycles. The van der Waals surface area contributed by atoms with Crippen LogP contribution < -0.4 is 0 Å². The second kappa shape index (κ2) is 5.53. The summed E-state index contributed by atoms with van der Waals surface area (Å²) >= 11 is 0. The molecular weight excluding hydrogens is 196 g/mol. The number of hydrogen-bond donors (Lipinski definition) is 2. The first-order valence-corrected chi connectivity index (χ1v) is 5.26. The topological polar surface area (TPSA) is 74.6 Å². The van der Waals surface area contributed by atoms with E-state index >= 15 is 0 Å². The standard InChI is InChI=1S/C11H16O4/c12-10(13)7-6-9(11(14)15)8-4-2-1-3-5-8/h6,8H,1-5,7H2,(H,12,13)(H,14,15)/b9-6+. The molecule has 84 valence electrons. The van der Waals surface area contributed by atoms with Crippen molar-refractivity contribution >= 4 is 11.9 Å². The van der Waals surface area contributed by atoms with Gasteiger partial charge in [-0.25, -0.2) is 4.79 Å². The molecule has 0 unspecified atom stereocenters. The van der Waals surface area contributed by atoms with Gasteiger partial charge in [-0.1, -0.05) is 25.3 Å². The molecule has 0 radical (unpaired) electrons. The van der Waals surface area contributed by atoms with Gasteiger partial charge in [0.2, 0.25) is 0 Å². The number of carbonyl (C=O) groups is 2. The van der Waals surface area contributed by atoms with Gasteiger partial charge in [0.15, 0.2) is 0 Å². The summed E-state index contributed by atoms with van der Waals surface area (Å²) in [5, 5.41) is 17.5. The zero-order valence-electron chi connectivity index (χ0n) is 8.61. The molecule has 1 aliphatic carbocycles. The summed E-state index contributed by atoms with van der Waals surface area (Å²) in [6, 6.07) is 0. The molecule has 4 heteroatoms. The normalized spacial score (nSPS) is 18.8. The van der Waals surface area contributed by atoms with E-state index in [9.17, 15) is 9.59 Å². The summed E-state index contributed by atoms with van der Waals surface area (Å²) in [5.74, 6) is -1.90. The van der Waals surface area contributed by atoms with Crippen molar-refractivity contribution in [3.8, 4) is 0 Å². The third-order valence-electron chi connectivity index (χ3n) is 2.79. The largest absolute Gasteiger partial charge is 0.481 e. The van der Waals surface area contributed by atoms with Crippen molar-refractivity contribution in [1.29, 1.82) is 0 Å². The van der Waals surface area contributed by atoms with Gasteiger partial charge >= 0.3 is 11.9 Å². The van der Waals surface area contributed by atoms with Crippen LogP contribution >= 0.6 is 0 Å². The van der Waals surface area contributed by atoms with Crippen molar-refractivity contribution in [2.45, 2.75) is 38.5 Å². The first kappa shape index (κ1) is 11.8. The van der Waals surface area contributed by atoms with Crippen LogP contribution in [0.2, 0.25) is 0 Å². The van der Waals surface area contributed by atoms with E-state index in [1.54, 1.807) is 0 Å². The Morgan fingerprint density at radius 1 is 1.13 bits per heavy atom. The van der Waals surface area contributed by atoms with Crippen LogP contribution in [0.25, 0.3) is 0 Å². The Balaban J connectivity index is 2.67. The molecule has 0 aromatic rings. The fourth-order valence-corrected chi connectivity index (χ4v) is 2.04. The van der Waals surface area contributed by atoms with Crippen LogP contribution in [0.4, 0.5) is 0 Å². The number of carboxylic acids is 2. The predicted octanol–water partition coefficient (Wildman–Crippen LogP) is 2.05. The lowest BCUT2D eigenvalue weighted by Crippen LogP contribution is -2.16. The highest BCUT2D eigenvalue weighted by Gasteiger charge is 2.22. The lowest BCUT2D eigenvalue weighted by atomic mass is 9.83. The van der Waals surface area contributed by atoms with Gasteiger partial charge in [-0.3, -0.25) is 4.79 Å². The minimum atomic E-state index is -0.982. The number of hydrogen-bond acceptors (Lipinski definition) is 2. The minimum absolute atomic E-state index is 0.0515. The number of carboxylic acid groups (broad SMARTS) is 2. The van der Waals surface area contributed by atoms with Crippen LogP contribution in [0.15, 0.2) is 11.6 Å². The molecule has 0 atom stereocenters. The molecule has 0 amide bonds. The molecule has 0 heterocycles. The molecule has 0 aromatic heterocycles. The fraction of sp³-hybridized carbons (Fsp3) is 0.636. The summed E-state index contributed by atoms with van der Waals surface area (Å²) in [6.45, 7) is 0. The molecule has 1 saturated carbocycles. The van der Waals surface area contributed by atoms with Crippen molar-refractivity contribution in [2.24, 2.45) is 5.92 Å². The van der Waals surface area contributed by atoms with Crippen LogP contribution in [0.1, 0.15) is 38.5 Å². The van der Waals surface area contributed by atoms with Crippen molar-refractivity contribution in [3.05, 3.63) is 11.6 Å². The van der Waals surface area contributed by atoms with E-state index in [1.807, 2.05) is 0 Å². The minimum Gasteiger partial charge on any atom is -0.481 e. The molecule has 4 nitrogen and oxygen atoms in total. The SMILES string of the molecule is O=C(O)C/C=C(/C(=O)O)C1CCCCC1. The van der Waals surface area contributed by atoms with E-state index in [1.165, 1.54) is 6.08 Å². The highest BCUT2D eigenvalue weighted by atomic mass is 16.4. The van der Waals surface area contributed by atoms with Crippen molar-refractivity contribution in [2.75, 3.05) is 0 Å². The summed E-state index contributed by atoms with van der Waals surface area (Å²) in [4.78, 5) is 21.3. The maximum absolute atomic E-state index is 11.0. The quantitative estimate of drug-likeness (QED) is 0.699. The smallest absolute Gasteiger partial charge is 0.331 e. The lowest BCUT2D eigenvalue weighted by Gasteiger charge is -2.22. The maximum Gasteiger partial charge on any atom is 0.331 e. The molecule has 0 aliphatic heterocycles. The number of aliphatic carboxylic acids is 2. The zero-order valence-corrected chi connectivity index (χ0v) is 8.61. The zero-order chi connectivity index (χ0) is 11.3. The van der Waals surface area contributed by atoms with Crippen LogP contribution in [0.5, 0.6) is 0 Å². The van der Waals surface area contributed by atoms with E-state index in [0.717, 1.165) is 32.1 Å². The highest BCUT2D eigenvalue weighted by molar-refractivity contribution is 5.88. The summed E-state index contributed by atoms with van der Waals surface area (Å²) in [7, 11) is 0. The van der Waals surface area contributed by atoms with Crippen LogP contribution in [-0.2, 0) is 9.59 Å². The monoisotopic (exact) mass is 212 g/mol. The van der Waals surface area contributed by atoms with E-state index in [0.29, 0.717) is 0 Å². The third kappa shape index (κ3) is 3.73. The Kier molecular flexibility index (Phi) is 4.34. The van der Waals surface area contributed by atoms with Gasteiger partial charge in [-0.15, -0.1) is 0 Å². The second-order valence-corrected chi connectivity index (χ2v) is 3.90. The van der Waals surface area contributed by atoms with Crippen LogP contribution in [0, 0.1) is 5.92 Å². The van der Waals surface area contributed by atoms with Gasteiger partial charge in [0.25, 0.3) is 0 Å². The lowest BCUT2D eigenvalue weighted by molar-refractivity contribution is -0.136. The van der Waals surface area contributed by atoms with Crippen molar-refractivity contribution in [1.82, 2.24) is 0 Å². The van der Waals surface area contributed by atoms with Gasteiger partial charge in [0.05, 0.1) is 6.42 Å². The number of rotatable bonds is 4. The fourth-order valence-electron chi connectivity index (χ4n) is 2.04. The summed E-state index contributed by atoms with van der Waals surface area (Å²) < 4.78 is 0. The molecule has 2 N–H and O–H groups in total. The Morgan fingerprint density at radius 3 is 2.20 bits per heavy atom. The van der Waals surface area contributed by atoms with Gasteiger partial charge in [0, 0.05) is 5.57 Å². The molecule has 1 fully saturated rings. The molecule has 15 heavy (non-hydrogen) atoms. The van der Waals surface area contributed by atoms with Gasteiger partial charge in [-0.05, 0) is 18.8 Å². The predicted molar refractivity (Wildman–Crippen MR) is 54.5 cm³/mol. The van der Waals surface area contributed by atoms with Crippen LogP contribution in [-0.4, -0.2) is 22.2 Å². The molecule has 0 bridgehead atoms. The first-order valence-electron chi connectivity index (χ1n) is 5.26. The van der Waals surface area contributed by atoms with Crippen molar-refractivity contribution in [3.63, 3.8) is 0 Å². The molecular formula is C11H16O4. The summed E-state index contributed by atoms with van der Waals surface area (Å²) in [5.41, 5.74) is 0.289. The Morgan fingerprint density at radius 2 is 1.73 bits per heavy atom. The average Bonchev–Trinajstić information content (AvgIpc) is 2.18. The first-order chi connectivity index (χ1) is 7.11. The Bertz CT molecular complexity index is 274. The van der Waals surface area contributed by atoms with Gasteiger partial charge in [0.1, 0.15) is 0 Å². The molecule has 1 rings (SSSR count). The van der Waals surface area contributed by atoms with E-state index in [-0.39, 0.29) is 17.9 Å². The van der Waals surface area contributed by atoms with E-state index < -0.39 is 11.9 Å². The Hall–Kier alpha value is -1.32. The van der Waals surface area contributed by atoms with E-state index in [4.69, 9.17) is 10.2 Å². The molecule has 0 spiro atoms. The summed E-state index contributed by atoms with van der Waals surface area (Å²) in [6.07, 6.45) is 6.14. The maximum atomic E-state index is 11.0. The molecule has 0 aromatic carbocycles. The van der Waals surface area contributed by atoms with E-state index in [2.05, 4.69) is 0 Å². The van der Waals surface area contributed by atoms with Gasteiger partial charge < -0.3 is 10.2 Å². The molecule has 1 aliphatic rings.